The number of para-hydroxylation sites is 1. The first-order chi connectivity index (χ1) is 14.7. The number of ether oxygens (including phenoxy) is 1. The van der Waals surface area contributed by atoms with Crippen molar-refractivity contribution in [2.75, 3.05) is 18.6 Å². The summed E-state index contributed by atoms with van der Waals surface area (Å²) in [5.41, 5.74) is -2.40. The quantitative estimate of drug-likeness (QED) is 0.294. The van der Waals surface area contributed by atoms with Crippen molar-refractivity contribution in [1.82, 2.24) is 0 Å². The van der Waals surface area contributed by atoms with Gasteiger partial charge in [-0.3, -0.25) is 34.7 Å². The van der Waals surface area contributed by atoms with Gasteiger partial charge in [0.1, 0.15) is 0 Å². The molecular formula is C20H17N3O8. The molecule has 0 saturated carbocycles. The van der Waals surface area contributed by atoms with Crippen molar-refractivity contribution in [1.29, 1.82) is 0 Å². The molecule has 0 aromatic heterocycles. The van der Waals surface area contributed by atoms with Crippen LogP contribution in [0.1, 0.15) is 28.8 Å². The van der Waals surface area contributed by atoms with Crippen molar-refractivity contribution < 1.29 is 29.0 Å². The number of nitro groups is 2. The molecule has 1 aliphatic heterocycles. The third-order valence-electron chi connectivity index (χ3n) is 5.24. The van der Waals surface area contributed by atoms with Crippen LogP contribution in [0.4, 0.5) is 11.4 Å². The third kappa shape index (κ3) is 3.29. The fourth-order valence-electron chi connectivity index (χ4n) is 4.03. The fraction of sp³-hybridized carbons (Fsp3) is 0.250. The van der Waals surface area contributed by atoms with Crippen LogP contribution in [0.3, 0.4) is 0 Å². The van der Waals surface area contributed by atoms with E-state index < -0.39 is 45.5 Å². The monoisotopic (exact) mass is 427 g/mol. The lowest BCUT2D eigenvalue weighted by atomic mass is 9.75. The van der Waals surface area contributed by atoms with Crippen LogP contribution < -0.4 is 4.90 Å². The van der Waals surface area contributed by atoms with Gasteiger partial charge in [0.05, 0.1) is 23.6 Å². The van der Waals surface area contributed by atoms with Crippen molar-refractivity contribution in [3.8, 4) is 0 Å². The second kappa shape index (κ2) is 7.94. The Bertz CT molecular complexity index is 1100. The van der Waals surface area contributed by atoms with Crippen molar-refractivity contribution in [2.24, 2.45) is 0 Å². The number of nitro benzene ring substituents is 1. The highest BCUT2D eigenvalue weighted by Crippen LogP contribution is 2.47. The first-order valence-corrected chi connectivity index (χ1v) is 9.05. The zero-order valence-electron chi connectivity index (χ0n) is 16.5. The summed E-state index contributed by atoms with van der Waals surface area (Å²) in [5.74, 6) is -4.14. The van der Waals surface area contributed by atoms with E-state index in [0.717, 1.165) is 31.1 Å². The van der Waals surface area contributed by atoms with Gasteiger partial charge in [-0.2, -0.15) is 0 Å². The van der Waals surface area contributed by atoms with Crippen LogP contribution in [0.5, 0.6) is 0 Å². The molecule has 1 aliphatic rings. The highest BCUT2D eigenvalue weighted by Gasteiger charge is 2.65. The van der Waals surface area contributed by atoms with Crippen molar-refractivity contribution in [3.63, 3.8) is 0 Å². The second-order valence-corrected chi connectivity index (χ2v) is 6.88. The predicted octanol–water partition coefficient (Wildman–Crippen LogP) is 2.12. The van der Waals surface area contributed by atoms with E-state index in [1.165, 1.54) is 30.3 Å². The van der Waals surface area contributed by atoms with Crippen molar-refractivity contribution in [2.45, 2.75) is 18.4 Å². The highest BCUT2D eigenvalue weighted by molar-refractivity contribution is 6.30. The van der Waals surface area contributed by atoms with Crippen LogP contribution in [-0.2, 0) is 14.3 Å². The van der Waals surface area contributed by atoms with Gasteiger partial charge in [-0.25, -0.2) is 4.79 Å². The second-order valence-electron chi connectivity index (χ2n) is 6.88. The first kappa shape index (κ1) is 21.6. The lowest BCUT2D eigenvalue weighted by Gasteiger charge is -2.38. The molecule has 0 spiro atoms. The fourth-order valence-corrected chi connectivity index (χ4v) is 4.03. The number of Topliss-reactive ketones (excluding diaryl/α,β-unsaturated/α-hetero) is 1. The number of rotatable bonds is 6. The van der Waals surface area contributed by atoms with Gasteiger partial charge < -0.3 is 4.74 Å². The molecule has 0 N–H and O–H groups in total. The SMILES string of the molecule is COC(=O)[C@]1([C@H](C[N+](=O)[O-])c2ccc([N+](=O)[O-])cc2)C(=O)c2ccccc2N1C(C)=O. The number of carbonyl (C=O) groups is 3. The molecule has 1 heterocycles. The minimum Gasteiger partial charge on any atom is -0.467 e. The van der Waals surface area contributed by atoms with Gasteiger partial charge in [0.25, 0.3) is 5.69 Å². The number of carbonyl (C=O) groups excluding carboxylic acids is 3. The van der Waals surface area contributed by atoms with E-state index in [9.17, 15) is 34.6 Å². The van der Waals surface area contributed by atoms with Crippen molar-refractivity contribution in [3.05, 3.63) is 79.9 Å². The minimum absolute atomic E-state index is 0.0401. The standard InChI is InChI=1S/C20H17N3O8/c1-12(24)22-17-6-4-3-5-15(17)18(25)20(22,19(26)31-2)16(11-21(27)28)13-7-9-14(10-8-13)23(29)30/h3-10,16H,11H2,1-2H3/t16-,20+/m1/s1. The van der Waals surface area contributed by atoms with Crippen molar-refractivity contribution >= 4 is 29.0 Å². The Kier molecular flexibility index (Phi) is 5.52. The maximum atomic E-state index is 13.6. The summed E-state index contributed by atoms with van der Waals surface area (Å²) in [7, 11) is 1.01. The summed E-state index contributed by atoms with van der Waals surface area (Å²) in [6, 6.07) is 10.6. The van der Waals surface area contributed by atoms with E-state index in [1.54, 1.807) is 6.07 Å². The van der Waals surface area contributed by atoms with E-state index >= 15 is 0 Å². The number of nitrogens with zero attached hydrogens (tertiary/aromatic N) is 3. The Hall–Kier alpha value is -4.15. The average Bonchev–Trinajstić information content (AvgIpc) is 3.01. The van der Waals surface area contributed by atoms with Gasteiger partial charge in [-0.05, 0) is 17.7 Å². The molecule has 1 amide bonds. The number of anilines is 1. The molecule has 11 heteroatoms. The number of methoxy groups -OCH3 is 1. The predicted molar refractivity (Wildman–Crippen MR) is 106 cm³/mol. The number of amides is 1. The first-order valence-electron chi connectivity index (χ1n) is 9.05. The highest BCUT2D eigenvalue weighted by atomic mass is 16.6. The van der Waals surface area contributed by atoms with Crippen LogP contribution >= 0.6 is 0 Å². The Balaban J connectivity index is 2.33. The normalized spacial score (nSPS) is 18.3. The lowest BCUT2D eigenvalue weighted by molar-refractivity contribution is -0.484. The van der Waals surface area contributed by atoms with Gasteiger partial charge >= 0.3 is 5.97 Å². The van der Waals surface area contributed by atoms with E-state index in [0.29, 0.717) is 0 Å². The number of fused-ring (bicyclic) bond motifs is 1. The van der Waals surface area contributed by atoms with Gasteiger partial charge in [0, 0.05) is 29.5 Å². The summed E-state index contributed by atoms with van der Waals surface area (Å²) in [6.45, 7) is 0.225. The number of hydrogen-bond acceptors (Lipinski definition) is 8. The Labute approximate surface area is 175 Å². The van der Waals surface area contributed by atoms with Gasteiger partial charge in [-0.1, -0.05) is 24.3 Å². The number of non-ortho nitro benzene ring substituents is 1. The molecule has 0 fully saturated rings. The van der Waals surface area contributed by atoms with Crippen LogP contribution in [0.25, 0.3) is 0 Å². The average molecular weight is 427 g/mol. The molecule has 11 nitrogen and oxygen atoms in total. The molecule has 0 aliphatic carbocycles. The summed E-state index contributed by atoms with van der Waals surface area (Å²) >= 11 is 0. The van der Waals surface area contributed by atoms with E-state index in [2.05, 4.69) is 0 Å². The maximum Gasteiger partial charge on any atom is 0.341 e. The molecule has 0 saturated heterocycles. The van der Waals surface area contributed by atoms with Crippen LogP contribution in [0, 0.1) is 20.2 Å². The Morgan fingerprint density at radius 3 is 2.23 bits per heavy atom. The summed E-state index contributed by atoms with van der Waals surface area (Å²) in [5, 5.41) is 22.5. The molecule has 2 aromatic carbocycles. The molecular weight excluding hydrogens is 410 g/mol. The maximum absolute atomic E-state index is 13.6. The molecule has 0 radical (unpaired) electrons. The van der Waals surface area contributed by atoms with E-state index in [1.807, 2.05) is 0 Å². The van der Waals surface area contributed by atoms with Gasteiger partial charge in [0.15, 0.2) is 0 Å². The Morgan fingerprint density at radius 1 is 1.10 bits per heavy atom. The Morgan fingerprint density at radius 2 is 1.71 bits per heavy atom. The molecule has 0 unspecified atom stereocenters. The number of hydrogen-bond donors (Lipinski definition) is 0. The summed E-state index contributed by atoms with van der Waals surface area (Å²) in [4.78, 5) is 61.5. The molecule has 160 valence electrons. The molecule has 2 atom stereocenters. The molecule has 2 aromatic rings. The van der Waals surface area contributed by atoms with E-state index in [4.69, 9.17) is 4.74 Å². The van der Waals surface area contributed by atoms with Crippen LogP contribution in [0.2, 0.25) is 0 Å². The largest absolute Gasteiger partial charge is 0.467 e. The lowest BCUT2D eigenvalue weighted by Crippen LogP contribution is -2.63. The molecule has 3 rings (SSSR count). The number of benzene rings is 2. The van der Waals surface area contributed by atoms with Gasteiger partial charge in [-0.15, -0.1) is 0 Å². The zero-order chi connectivity index (χ0) is 22.9. The molecule has 31 heavy (non-hydrogen) atoms. The number of ketones is 1. The van der Waals surface area contributed by atoms with E-state index in [-0.39, 0.29) is 22.5 Å². The van der Waals surface area contributed by atoms with Crippen LogP contribution in [-0.4, -0.2) is 46.7 Å². The molecule has 0 bridgehead atoms. The minimum atomic E-state index is -2.38. The number of esters is 1. The summed E-state index contributed by atoms with van der Waals surface area (Å²) < 4.78 is 4.88. The zero-order valence-corrected chi connectivity index (χ0v) is 16.5. The van der Waals surface area contributed by atoms with Gasteiger partial charge in [0.2, 0.25) is 23.8 Å². The third-order valence-corrected chi connectivity index (χ3v) is 5.24. The topological polar surface area (TPSA) is 150 Å². The van der Waals surface area contributed by atoms with Crippen LogP contribution in [0.15, 0.2) is 48.5 Å². The summed E-state index contributed by atoms with van der Waals surface area (Å²) in [6.07, 6.45) is 0. The smallest absolute Gasteiger partial charge is 0.341 e.